The zero-order valence-corrected chi connectivity index (χ0v) is 14.5. The Hall–Kier alpha value is -1.77. The van der Waals surface area contributed by atoms with Crippen LogP contribution in [0.15, 0.2) is 33.7 Å². The van der Waals surface area contributed by atoms with Crippen LogP contribution in [-0.4, -0.2) is 25.6 Å². The Bertz CT molecular complexity index is 793. The number of nitrogens with one attached hydrogen (secondary N) is 1. The molecule has 1 aliphatic carbocycles. The number of hydrogen-bond acceptors (Lipinski definition) is 6. The van der Waals surface area contributed by atoms with Crippen molar-refractivity contribution in [3.05, 3.63) is 41.5 Å². The van der Waals surface area contributed by atoms with Gasteiger partial charge in [0, 0.05) is 6.42 Å². The fourth-order valence-corrected chi connectivity index (χ4v) is 3.72. The van der Waals surface area contributed by atoms with E-state index in [9.17, 15) is 8.42 Å². The standard InChI is InChI=1S/C16H22N4O3S/c1-18-24(21,22)13-7-4-12(5-8-13)6-9-14-19-15(20-23-14)16(17)10-2-3-11-16/h4-5,7-8,18H,2-3,6,9-11,17H2,1H3. The van der Waals surface area contributed by atoms with Gasteiger partial charge in [-0.15, -0.1) is 0 Å². The molecule has 3 N–H and O–H groups in total. The first-order chi connectivity index (χ1) is 11.4. The average molecular weight is 350 g/mol. The van der Waals surface area contributed by atoms with Crippen molar-refractivity contribution in [3.63, 3.8) is 0 Å². The zero-order valence-electron chi connectivity index (χ0n) is 13.7. The van der Waals surface area contributed by atoms with Crippen molar-refractivity contribution in [1.82, 2.24) is 14.9 Å². The summed E-state index contributed by atoms with van der Waals surface area (Å²) in [6, 6.07) is 6.77. The van der Waals surface area contributed by atoms with E-state index in [2.05, 4.69) is 14.9 Å². The summed E-state index contributed by atoms with van der Waals surface area (Å²) in [5.74, 6) is 1.17. The van der Waals surface area contributed by atoms with Crippen molar-refractivity contribution in [2.24, 2.45) is 5.73 Å². The molecule has 130 valence electrons. The summed E-state index contributed by atoms with van der Waals surface area (Å²) in [7, 11) is -2.01. The largest absolute Gasteiger partial charge is 0.339 e. The Morgan fingerprint density at radius 2 is 1.88 bits per heavy atom. The molecule has 7 nitrogen and oxygen atoms in total. The van der Waals surface area contributed by atoms with E-state index in [0.29, 0.717) is 24.6 Å². The molecule has 0 aliphatic heterocycles. The summed E-state index contributed by atoms with van der Waals surface area (Å²) in [4.78, 5) is 4.69. The minimum absolute atomic E-state index is 0.250. The smallest absolute Gasteiger partial charge is 0.240 e. The summed E-state index contributed by atoms with van der Waals surface area (Å²) in [5.41, 5.74) is 6.89. The highest BCUT2D eigenvalue weighted by molar-refractivity contribution is 7.89. The molecule has 0 spiro atoms. The average Bonchev–Trinajstić information content (AvgIpc) is 3.23. The Morgan fingerprint density at radius 1 is 1.21 bits per heavy atom. The maximum absolute atomic E-state index is 11.7. The van der Waals surface area contributed by atoms with Crippen LogP contribution in [0.3, 0.4) is 0 Å². The third-order valence-electron chi connectivity index (χ3n) is 4.54. The number of nitrogens with zero attached hydrogens (tertiary/aromatic N) is 2. The molecule has 1 heterocycles. The zero-order chi connectivity index (χ0) is 17.2. The molecule has 1 fully saturated rings. The SMILES string of the molecule is CNS(=O)(=O)c1ccc(CCc2nc(C3(N)CCCC3)no2)cc1. The van der Waals surface area contributed by atoms with Gasteiger partial charge in [0.1, 0.15) is 0 Å². The molecular weight excluding hydrogens is 328 g/mol. The van der Waals surface area contributed by atoms with E-state index >= 15 is 0 Å². The van der Waals surface area contributed by atoms with Crippen LogP contribution in [0.1, 0.15) is 43.0 Å². The van der Waals surface area contributed by atoms with Crippen LogP contribution in [0.25, 0.3) is 0 Å². The van der Waals surface area contributed by atoms with E-state index in [0.717, 1.165) is 31.2 Å². The molecule has 2 aromatic rings. The van der Waals surface area contributed by atoms with Crippen LogP contribution in [0.4, 0.5) is 0 Å². The lowest BCUT2D eigenvalue weighted by atomic mass is 9.99. The highest BCUT2D eigenvalue weighted by atomic mass is 32.2. The molecule has 1 aromatic carbocycles. The molecule has 0 bridgehead atoms. The third-order valence-corrected chi connectivity index (χ3v) is 5.97. The van der Waals surface area contributed by atoms with Gasteiger partial charge in [-0.05, 0) is 44.0 Å². The van der Waals surface area contributed by atoms with E-state index < -0.39 is 15.6 Å². The highest BCUT2D eigenvalue weighted by Crippen LogP contribution is 2.34. The first kappa shape index (κ1) is 17.1. The third kappa shape index (κ3) is 3.50. The molecule has 8 heteroatoms. The van der Waals surface area contributed by atoms with Gasteiger partial charge in [-0.2, -0.15) is 4.98 Å². The maximum atomic E-state index is 11.7. The van der Waals surface area contributed by atoms with Gasteiger partial charge in [0.05, 0.1) is 10.4 Å². The number of hydrogen-bond donors (Lipinski definition) is 2. The van der Waals surface area contributed by atoms with E-state index in [1.807, 2.05) is 0 Å². The van der Waals surface area contributed by atoms with Gasteiger partial charge >= 0.3 is 0 Å². The summed E-state index contributed by atoms with van der Waals surface area (Å²) >= 11 is 0. The van der Waals surface area contributed by atoms with Crippen LogP contribution in [0, 0.1) is 0 Å². The van der Waals surface area contributed by atoms with Gasteiger partial charge in [-0.25, -0.2) is 13.1 Å². The van der Waals surface area contributed by atoms with Crippen LogP contribution in [-0.2, 0) is 28.4 Å². The predicted molar refractivity (Wildman–Crippen MR) is 88.7 cm³/mol. The van der Waals surface area contributed by atoms with Crippen LogP contribution >= 0.6 is 0 Å². The van der Waals surface area contributed by atoms with Crippen molar-refractivity contribution in [2.75, 3.05) is 7.05 Å². The molecule has 0 amide bonds. The van der Waals surface area contributed by atoms with Crippen LogP contribution in [0.5, 0.6) is 0 Å². The number of aromatic nitrogens is 2. The molecule has 1 saturated carbocycles. The maximum Gasteiger partial charge on any atom is 0.240 e. The summed E-state index contributed by atoms with van der Waals surface area (Å²) in [5, 5.41) is 4.04. The van der Waals surface area contributed by atoms with Crippen LogP contribution in [0.2, 0.25) is 0 Å². The monoisotopic (exact) mass is 350 g/mol. The first-order valence-electron chi connectivity index (χ1n) is 8.07. The summed E-state index contributed by atoms with van der Waals surface area (Å²) in [6.07, 6.45) is 5.28. The van der Waals surface area contributed by atoms with Crippen molar-refractivity contribution < 1.29 is 12.9 Å². The number of benzene rings is 1. The Morgan fingerprint density at radius 3 is 2.50 bits per heavy atom. The van der Waals surface area contributed by atoms with Crippen molar-refractivity contribution in [1.29, 1.82) is 0 Å². The van der Waals surface area contributed by atoms with Crippen molar-refractivity contribution in [3.8, 4) is 0 Å². The van der Waals surface area contributed by atoms with Crippen molar-refractivity contribution in [2.45, 2.75) is 49.0 Å². The van der Waals surface area contributed by atoms with Gasteiger partial charge in [-0.3, -0.25) is 0 Å². The normalized spacial score (nSPS) is 17.2. The minimum atomic E-state index is -3.40. The molecule has 0 radical (unpaired) electrons. The Balaban J connectivity index is 1.63. The van der Waals surface area contributed by atoms with E-state index in [1.54, 1.807) is 24.3 Å². The summed E-state index contributed by atoms with van der Waals surface area (Å²) < 4.78 is 31.0. The van der Waals surface area contributed by atoms with E-state index in [-0.39, 0.29) is 4.90 Å². The van der Waals surface area contributed by atoms with Gasteiger partial charge in [0.15, 0.2) is 5.82 Å². The fourth-order valence-electron chi connectivity index (χ4n) is 2.99. The lowest BCUT2D eigenvalue weighted by Gasteiger charge is -2.17. The number of rotatable bonds is 6. The number of sulfonamides is 1. The fraction of sp³-hybridized carbons (Fsp3) is 0.500. The van der Waals surface area contributed by atoms with Gasteiger partial charge < -0.3 is 10.3 Å². The van der Waals surface area contributed by atoms with E-state index in [1.165, 1.54) is 7.05 Å². The molecular formula is C16H22N4O3S. The molecule has 0 unspecified atom stereocenters. The number of aryl methyl sites for hydroxylation is 2. The van der Waals surface area contributed by atoms with Gasteiger partial charge in [0.25, 0.3) is 0 Å². The van der Waals surface area contributed by atoms with Crippen molar-refractivity contribution >= 4 is 10.0 Å². The molecule has 1 aromatic heterocycles. The molecule has 0 atom stereocenters. The first-order valence-corrected chi connectivity index (χ1v) is 9.56. The lowest BCUT2D eigenvalue weighted by Crippen LogP contribution is -2.34. The molecule has 0 saturated heterocycles. The number of nitrogens with two attached hydrogens (primary N) is 1. The molecule has 3 rings (SSSR count). The van der Waals surface area contributed by atoms with Crippen LogP contribution < -0.4 is 10.5 Å². The highest BCUT2D eigenvalue weighted by Gasteiger charge is 2.35. The molecule has 1 aliphatic rings. The van der Waals surface area contributed by atoms with Gasteiger partial charge in [-0.1, -0.05) is 30.1 Å². The Labute approximate surface area is 141 Å². The quantitative estimate of drug-likeness (QED) is 0.816. The topological polar surface area (TPSA) is 111 Å². The minimum Gasteiger partial charge on any atom is -0.339 e. The second kappa shape index (κ2) is 6.62. The molecule has 24 heavy (non-hydrogen) atoms. The second-order valence-corrected chi connectivity index (χ2v) is 8.11. The Kier molecular flexibility index (Phi) is 4.71. The van der Waals surface area contributed by atoms with E-state index in [4.69, 9.17) is 10.3 Å². The lowest BCUT2D eigenvalue weighted by molar-refractivity contribution is 0.348. The summed E-state index contributed by atoms with van der Waals surface area (Å²) in [6.45, 7) is 0. The predicted octanol–water partition coefficient (Wildman–Crippen LogP) is 1.49. The van der Waals surface area contributed by atoms with Gasteiger partial charge in [0.2, 0.25) is 15.9 Å². The second-order valence-electron chi connectivity index (χ2n) is 6.23.